The fraction of sp³-hybridized carbons (Fsp3) is 0.571. The van der Waals surface area contributed by atoms with Crippen LogP contribution < -0.4 is 16.0 Å². The minimum absolute atomic E-state index is 0.0498. The molecule has 4 N–H and O–H groups in total. The Morgan fingerprint density at radius 2 is 2.40 bits per heavy atom. The van der Waals surface area contributed by atoms with Crippen molar-refractivity contribution in [1.82, 2.24) is 10.3 Å². The van der Waals surface area contributed by atoms with Gasteiger partial charge in [-0.3, -0.25) is 4.79 Å². The van der Waals surface area contributed by atoms with Gasteiger partial charge >= 0.3 is 0 Å². The molecule has 1 unspecified atom stereocenters. The maximum Gasteiger partial charge on any atom is 0.248 e. The van der Waals surface area contributed by atoms with E-state index in [1.54, 1.807) is 12.1 Å². The van der Waals surface area contributed by atoms with Crippen LogP contribution in [0.25, 0.3) is 0 Å². The SMILES string of the molecule is Cc1cc(C(N)=O)cc(N(CCO)CC2CCCN2)n1. The molecule has 0 radical (unpaired) electrons. The number of hydrogen-bond acceptors (Lipinski definition) is 5. The highest BCUT2D eigenvalue weighted by molar-refractivity contribution is 5.93. The number of primary amides is 1. The van der Waals surface area contributed by atoms with E-state index < -0.39 is 5.91 Å². The lowest BCUT2D eigenvalue weighted by molar-refractivity contribution is 0.1000. The first kappa shape index (κ1) is 14.7. The highest BCUT2D eigenvalue weighted by atomic mass is 16.3. The van der Waals surface area contributed by atoms with Crippen LogP contribution in [0, 0.1) is 6.92 Å². The molecule has 110 valence electrons. The molecule has 1 aromatic heterocycles. The molecule has 1 aromatic rings. The van der Waals surface area contributed by atoms with Crippen molar-refractivity contribution in [2.45, 2.75) is 25.8 Å². The van der Waals surface area contributed by atoms with Gasteiger partial charge in [-0.05, 0) is 38.4 Å². The summed E-state index contributed by atoms with van der Waals surface area (Å²) in [5.41, 5.74) is 6.54. The number of hydrogen-bond donors (Lipinski definition) is 3. The van der Waals surface area contributed by atoms with Gasteiger partial charge in [-0.25, -0.2) is 4.98 Å². The fourth-order valence-corrected chi connectivity index (χ4v) is 2.55. The van der Waals surface area contributed by atoms with Crippen LogP contribution in [0.15, 0.2) is 12.1 Å². The molecule has 0 saturated carbocycles. The van der Waals surface area contributed by atoms with E-state index in [4.69, 9.17) is 5.73 Å². The van der Waals surface area contributed by atoms with Gasteiger partial charge in [-0.1, -0.05) is 0 Å². The highest BCUT2D eigenvalue weighted by Crippen LogP contribution is 2.17. The smallest absolute Gasteiger partial charge is 0.248 e. The summed E-state index contributed by atoms with van der Waals surface area (Å²) in [6.45, 7) is 4.18. The number of aliphatic hydroxyl groups is 1. The Kier molecular flexibility index (Phi) is 4.92. The van der Waals surface area contributed by atoms with Gasteiger partial charge in [0, 0.05) is 30.4 Å². The lowest BCUT2D eigenvalue weighted by Gasteiger charge is -2.26. The van der Waals surface area contributed by atoms with Gasteiger partial charge in [0.2, 0.25) is 5.91 Å². The molecule has 1 aliphatic rings. The van der Waals surface area contributed by atoms with Crippen LogP contribution in [0.3, 0.4) is 0 Å². The summed E-state index contributed by atoms with van der Waals surface area (Å²) < 4.78 is 0. The molecule has 0 bridgehead atoms. The summed E-state index contributed by atoms with van der Waals surface area (Å²) in [4.78, 5) is 17.8. The number of anilines is 1. The van der Waals surface area contributed by atoms with Crippen molar-refractivity contribution < 1.29 is 9.90 Å². The molecule has 1 aliphatic heterocycles. The van der Waals surface area contributed by atoms with Gasteiger partial charge in [0.1, 0.15) is 5.82 Å². The van der Waals surface area contributed by atoms with Crippen LogP contribution in [0.2, 0.25) is 0 Å². The van der Waals surface area contributed by atoms with Crippen LogP contribution in [0.5, 0.6) is 0 Å². The van der Waals surface area contributed by atoms with E-state index >= 15 is 0 Å². The number of carbonyl (C=O) groups is 1. The number of carbonyl (C=O) groups excluding carboxylic acids is 1. The third kappa shape index (κ3) is 3.68. The molecule has 1 saturated heterocycles. The summed E-state index contributed by atoms with van der Waals surface area (Å²) in [7, 11) is 0. The Bertz CT molecular complexity index is 472. The third-order valence-corrected chi connectivity index (χ3v) is 3.52. The van der Waals surface area contributed by atoms with E-state index in [1.807, 2.05) is 11.8 Å². The standard InChI is InChI=1S/C14H22N4O2/c1-10-7-11(14(15)20)8-13(17-10)18(5-6-19)9-12-3-2-4-16-12/h7-8,12,16,19H,2-6,9H2,1H3,(H2,15,20). The number of pyridine rings is 1. The molecule has 0 aliphatic carbocycles. The number of aliphatic hydroxyl groups excluding tert-OH is 1. The van der Waals surface area contributed by atoms with Crippen molar-refractivity contribution in [3.63, 3.8) is 0 Å². The third-order valence-electron chi connectivity index (χ3n) is 3.52. The zero-order valence-electron chi connectivity index (χ0n) is 11.8. The number of aryl methyl sites for hydroxylation is 1. The molecule has 2 heterocycles. The van der Waals surface area contributed by atoms with E-state index in [-0.39, 0.29) is 6.61 Å². The number of aromatic nitrogens is 1. The second kappa shape index (κ2) is 6.67. The second-order valence-corrected chi connectivity index (χ2v) is 5.18. The number of amides is 1. The van der Waals surface area contributed by atoms with Crippen LogP contribution in [-0.2, 0) is 0 Å². The van der Waals surface area contributed by atoms with E-state index in [2.05, 4.69) is 10.3 Å². The zero-order chi connectivity index (χ0) is 14.5. The summed E-state index contributed by atoms with van der Waals surface area (Å²) in [6.07, 6.45) is 2.29. The molecule has 1 amide bonds. The van der Waals surface area contributed by atoms with E-state index in [0.29, 0.717) is 24.0 Å². The van der Waals surface area contributed by atoms with E-state index in [1.165, 1.54) is 6.42 Å². The van der Waals surface area contributed by atoms with Crippen molar-refractivity contribution in [3.8, 4) is 0 Å². The number of nitrogens with zero attached hydrogens (tertiary/aromatic N) is 2. The normalized spacial score (nSPS) is 18.2. The van der Waals surface area contributed by atoms with Crippen LogP contribution >= 0.6 is 0 Å². The number of nitrogens with one attached hydrogen (secondary N) is 1. The van der Waals surface area contributed by atoms with Gasteiger partial charge < -0.3 is 21.1 Å². The second-order valence-electron chi connectivity index (χ2n) is 5.18. The first-order valence-electron chi connectivity index (χ1n) is 6.98. The average molecular weight is 278 g/mol. The molecular formula is C14H22N4O2. The lowest BCUT2D eigenvalue weighted by atomic mass is 10.2. The molecule has 6 heteroatoms. The molecule has 1 fully saturated rings. The Hall–Kier alpha value is -1.66. The minimum Gasteiger partial charge on any atom is -0.395 e. The molecule has 2 rings (SSSR count). The molecule has 20 heavy (non-hydrogen) atoms. The molecular weight excluding hydrogens is 256 g/mol. The predicted octanol–water partition coefficient (Wildman–Crippen LogP) is 0.0396. The van der Waals surface area contributed by atoms with Gasteiger partial charge in [0.15, 0.2) is 0 Å². The van der Waals surface area contributed by atoms with Crippen LogP contribution in [0.1, 0.15) is 28.9 Å². The van der Waals surface area contributed by atoms with Gasteiger partial charge in [0.05, 0.1) is 6.61 Å². The molecule has 0 spiro atoms. The summed E-state index contributed by atoms with van der Waals surface area (Å²) in [5, 5.41) is 12.7. The fourth-order valence-electron chi connectivity index (χ4n) is 2.55. The van der Waals surface area contributed by atoms with E-state index in [9.17, 15) is 9.90 Å². The predicted molar refractivity (Wildman–Crippen MR) is 77.8 cm³/mol. The monoisotopic (exact) mass is 278 g/mol. The Balaban J connectivity index is 2.20. The van der Waals surface area contributed by atoms with Crippen LogP contribution in [0.4, 0.5) is 5.82 Å². The quantitative estimate of drug-likeness (QED) is 0.683. The Morgan fingerprint density at radius 3 is 3.00 bits per heavy atom. The number of nitrogens with two attached hydrogens (primary N) is 1. The molecule has 0 aromatic carbocycles. The molecule has 6 nitrogen and oxygen atoms in total. The van der Waals surface area contributed by atoms with Gasteiger partial charge in [0.25, 0.3) is 0 Å². The van der Waals surface area contributed by atoms with Crippen molar-refractivity contribution in [3.05, 3.63) is 23.4 Å². The zero-order valence-corrected chi connectivity index (χ0v) is 11.8. The van der Waals surface area contributed by atoms with Crippen molar-refractivity contribution in [2.75, 3.05) is 31.1 Å². The Labute approximate surface area is 119 Å². The first-order chi connectivity index (χ1) is 9.60. The summed E-state index contributed by atoms with van der Waals surface area (Å²) in [6, 6.07) is 3.78. The maximum atomic E-state index is 11.3. The minimum atomic E-state index is -0.459. The van der Waals surface area contributed by atoms with Crippen molar-refractivity contribution in [1.29, 1.82) is 0 Å². The summed E-state index contributed by atoms with van der Waals surface area (Å²) in [5.74, 6) is 0.237. The maximum absolute atomic E-state index is 11.3. The Morgan fingerprint density at radius 1 is 1.60 bits per heavy atom. The average Bonchev–Trinajstić information content (AvgIpc) is 2.90. The van der Waals surface area contributed by atoms with Crippen molar-refractivity contribution >= 4 is 11.7 Å². The van der Waals surface area contributed by atoms with Gasteiger partial charge in [-0.2, -0.15) is 0 Å². The first-order valence-corrected chi connectivity index (χ1v) is 6.98. The highest BCUT2D eigenvalue weighted by Gasteiger charge is 2.19. The van der Waals surface area contributed by atoms with Crippen molar-refractivity contribution in [2.24, 2.45) is 5.73 Å². The number of rotatable bonds is 6. The lowest BCUT2D eigenvalue weighted by Crippen LogP contribution is -2.39. The van der Waals surface area contributed by atoms with Crippen LogP contribution in [-0.4, -0.2) is 48.3 Å². The summed E-state index contributed by atoms with van der Waals surface area (Å²) >= 11 is 0. The van der Waals surface area contributed by atoms with E-state index in [0.717, 1.165) is 25.2 Å². The topological polar surface area (TPSA) is 91.5 Å². The molecule has 1 atom stereocenters. The largest absolute Gasteiger partial charge is 0.395 e. The van der Waals surface area contributed by atoms with Gasteiger partial charge in [-0.15, -0.1) is 0 Å².